The number of rotatable bonds is 3. The molecule has 2 aliphatic rings. The predicted octanol–water partition coefficient (Wildman–Crippen LogP) is 1.86. The van der Waals surface area contributed by atoms with Crippen molar-refractivity contribution in [3.63, 3.8) is 0 Å². The molecule has 14 heavy (non-hydrogen) atoms. The van der Waals surface area contributed by atoms with Gasteiger partial charge in [0.1, 0.15) is 0 Å². The molecule has 2 nitrogen and oxygen atoms in total. The molecule has 0 aromatic carbocycles. The summed E-state index contributed by atoms with van der Waals surface area (Å²) in [6.07, 6.45) is 7.07. The second-order valence-corrected chi connectivity index (χ2v) is 4.97. The summed E-state index contributed by atoms with van der Waals surface area (Å²) in [6, 6.07) is 0.748. The van der Waals surface area contributed by atoms with Gasteiger partial charge in [-0.2, -0.15) is 0 Å². The zero-order valence-corrected chi connectivity index (χ0v) is 9.47. The zero-order chi connectivity index (χ0) is 9.80. The molecule has 0 radical (unpaired) electrons. The quantitative estimate of drug-likeness (QED) is 0.741. The molecular weight excluding hydrogens is 172 g/mol. The summed E-state index contributed by atoms with van der Waals surface area (Å²) in [6.45, 7) is 7.50. The van der Waals surface area contributed by atoms with Gasteiger partial charge in [-0.15, -0.1) is 0 Å². The first kappa shape index (κ1) is 10.4. The van der Waals surface area contributed by atoms with Crippen molar-refractivity contribution in [1.29, 1.82) is 0 Å². The Kier molecular flexibility index (Phi) is 3.82. The second-order valence-electron chi connectivity index (χ2n) is 4.97. The fourth-order valence-corrected chi connectivity index (χ4v) is 2.56. The SMILES string of the molecule is CCC1CN(CC2CCC2)CCCN1. The van der Waals surface area contributed by atoms with E-state index in [1.54, 1.807) is 0 Å². The summed E-state index contributed by atoms with van der Waals surface area (Å²) in [5.74, 6) is 1.03. The Hall–Kier alpha value is -0.0800. The maximum atomic E-state index is 3.63. The van der Waals surface area contributed by atoms with E-state index in [-0.39, 0.29) is 0 Å². The molecule has 0 amide bonds. The summed E-state index contributed by atoms with van der Waals surface area (Å²) in [7, 11) is 0. The Balaban J connectivity index is 1.76. The van der Waals surface area contributed by atoms with Gasteiger partial charge >= 0.3 is 0 Å². The lowest BCUT2D eigenvalue weighted by atomic mass is 9.85. The Morgan fingerprint density at radius 1 is 1.29 bits per heavy atom. The average molecular weight is 196 g/mol. The maximum Gasteiger partial charge on any atom is 0.0192 e. The van der Waals surface area contributed by atoms with Crippen molar-refractivity contribution in [2.45, 2.75) is 45.1 Å². The standard InChI is InChI=1S/C12H24N2/c1-2-12-10-14(8-4-7-13-12)9-11-5-3-6-11/h11-13H,2-10H2,1H3. The molecule has 2 fully saturated rings. The minimum atomic E-state index is 0.748. The van der Waals surface area contributed by atoms with E-state index in [0.29, 0.717) is 0 Å². The smallest absolute Gasteiger partial charge is 0.0192 e. The Labute approximate surface area is 88.1 Å². The van der Waals surface area contributed by atoms with Gasteiger partial charge in [0.15, 0.2) is 0 Å². The lowest BCUT2D eigenvalue weighted by Crippen LogP contribution is -2.40. The van der Waals surface area contributed by atoms with Gasteiger partial charge in [-0.1, -0.05) is 13.3 Å². The molecule has 1 saturated heterocycles. The topological polar surface area (TPSA) is 15.3 Å². The summed E-state index contributed by atoms with van der Waals surface area (Å²) < 4.78 is 0. The first-order chi connectivity index (χ1) is 6.88. The van der Waals surface area contributed by atoms with E-state index in [4.69, 9.17) is 0 Å². The van der Waals surface area contributed by atoms with Crippen LogP contribution in [0.25, 0.3) is 0 Å². The van der Waals surface area contributed by atoms with Crippen LogP contribution in [0.1, 0.15) is 39.0 Å². The third-order valence-electron chi connectivity index (χ3n) is 3.80. The first-order valence-electron chi connectivity index (χ1n) is 6.34. The molecule has 2 heteroatoms. The molecule has 1 N–H and O–H groups in total. The average Bonchev–Trinajstić information content (AvgIpc) is 2.36. The Morgan fingerprint density at radius 2 is 2.14 bits per heavy atom. The van der Waals surface area contributed by atoms with Crippen LogP contribution in [0.4, 0.5) is 0 Å². The number of nitrogens with one attached hydrogen (secondary N) is 1. The number of hydrogen-bond donors (Lipinski definition) is 1. The van der Waals surface area contributed by atoms with E-state index in [0.717, 1.165) is 12.0 Å². The summed E-state index contributed by atoms with van der Waals surface area (Å²) >= 11 is 0. The van der Waals surface area contributed by atoms with Crippen LogP contribution in [0, 0.1) is 5.92 Å². The van der Waals surface area contributed by atoms with Crippen LogP contribution in [0.2, 0.25) is 0 Å². The fraction of sp³-hybridized carbons (Fsp3) is 1.00. The van der Waals surface area contributed by atoms with Crippen molar-refractivity contribution in [2.24, 2.45) is 5.92 Å². The highest BCUT2D eigenvalue weighted by Crippen LogP contribution is 2.27. The fourth-order valence-electron chi connectivity index (χ4n) is 2.56. The highest BCUT2D eigenvalue weighted by atomic mass is 15.2. The molecule has 1 aliphatic heterocycles. The summed E-state index contributed by atoms with van der Waals surface area (Å²) in [5, 5.41) is 3.63. The van der Waals surface area contributed by atoms with Crippen LogP contribution in [-0.2, 0) is 0 Å². The third-order valence-corrected chi connectivity index (χ3v) is 3.80. The van der Waals surface area contributed by atoms with E-state index in [2.05, 4.69) is 17.1 Å². The molecule has 1 unspecified atom stereocenters. The van der Waals surface area contributed by atoms with Crippen LogP contribution in [0.15, 0.2) is 0 Å². The van der Waals surface area contributed by atoms with E-state index < -0.39 is 0 Å². The third kappa shape index (κ3) is 2.71. The number of hydrogen-bond acceptors (Lipinski definition) is 2. The van der Waals surface area contributed by atoms with Gasteiger partial charge < -0.3 is 10.2 Å². The normalized spacial score (nSPS) is 31.1. The van der Waals surface area contributed by atoms with E-state index in [9.17, 15) is 0 Å². The molecule has 1 aliphatic carbocycles. The van der Waals surface area contributed by atoms with E-state index in [1.165, 1.54) is 58.3 Å². The van der Waals surface area contributed by atoms with Gasteiger partial charge in [-0.05, 0) is 44.7 Å². The van der Waals surface area contributed by atoms with Gasteiger partial charge in [0, 0.05) is 19.1 Å². The van der Waals surface area contributed by atoms with E-state index in [1.807, 2.05) is 0 Å². The molecule has 1 heterocycles. The molecule has 1 saturated carbocycles. The van der Waals surface area contributed by atoms with Crippen LogP contribution < -0.4 is 5.32 Å². The van der Waals surface area contributed by atoms with Crippen LogP contribution >= 0.6 is 0 Å². The van der Waals surface area contributed by atoms with Crippen molar-refractivity contribution in [3.8, 4) is 0 Å². The molecule has 1 atom stereocenters. The molecule has 0 aromatic heterocycles. The Bertz CT molecular complexity index is 166. The van der Waals surface area contributed by atoms with Crippen LogP contribution in [0.5, 0.6) is 0 Å². The van der Waals surface area contributed by atoms with Crippen molar-refractivity contribution in [3.05, 3.63) is 0 Å². The van der Waals surface area contributed by atoms with E-state index >= 15 is 0 Å². The minimum Gasteiger partial charge on any atom is -0.313 e. The van der Waals surface area contributed by atoms with Gasteiger partial charge in [-0.3, -0.25) is 0 Å². The van der Waals surface area contributed by atoms with Crippen molar-refractivity contribution in [2.75, 3.05) is 26.2 Å². The van der Waals surface area contributed by atoms with Crippen LogP contribution in [0.3, 0.4) is 0 Å². The highest BCUT2D eigenvalue weighted by molar-refractivity contribution is 4.79. The van der Waals surface area contributed by atoms with Gasteiger partial charge in [-0.25, -0.2) is 0 Å². The first-order valence-corrected chi connectivity index (χ1v) is 6.34. The number of nitrogens with zero attached hydrogens (tertiary/aromatic N) is 1. The monoisotopic (exact) mass is 196 g/mol. The summed E-state index contributed by atoms with van der Waals surface area (Å²) in [5.41, 5.74) is 0. The largest absolute Gasteiger partial charge is 0.313 e. The molecule has 0 spiro atoms. The Morgan fingerprint density at radius 3 is 2.79 bits per heavy atom. The minimum absolute atomic E-state index is 0.748. The lowest BCUT2D eigenvalue weighted by molar-refractivity contribution is 0.175. The second kappa shape index (κ2) is 5.13. The lowest BCUT2D eigenvalue weighted by Gasteiger charge is -2.32. The molecular formula is C12H24N2. The summed E-state index contributed by atoms with van der Waals surface area (Å²) in [4.78, 5) is 2.69. The van der Waals surface area contributed by atoms with Gasteiger partial charge in [0.25, 0.3) is 0 Å². The molecule has 0 aromatic rings. The maximum absolute atomic E-state index is 3.63. The van der Waals surface area contributed by atoms with Crippen molar-refractivity contribution in [1.82, 2.24) is 10.2 Å². The van der Waals surface area contributed by atoms with Crippen molar-refractivity contribution >= 4 is 0 Å². The van der Waals surface area contributed by atoms with Crippen LogP contribution in [-0.4, -0.2) is 37.1 Å². The van der Waals surface area contributed by atoms with Gasteiger partial charge in [0.2, 0.25) is 0 Å². The predicted molar refractivity (Wildman–Crippen MR) is 60.5 cm³/mol. The van der Waals surface area contributed by atoms with Crippen molar-refractivity contribution < 1.29 is 0 Å². The molecule has 82 valence electrons. The molecule has 2 rings (SSSR count). The zero-order valence-electron chi connectivity index (χ0n) is 9.47. The van der Waals surface area contributed by atoms with Gasteiger partial charge in [0.05, 0.1) is 0 Å². The molecule has 0 bridgehead atoms. The highest BCUT2D eigenvalue weighted by Gasteiger charge is 2.23.